The number of benzene rings is 1. The number of aromatic nitrogens is 3. The Kier molecular flexibility index (Phi) is 3.09. The van der Waals surface area contributed by atoms with Crippen molar-refractivity contribution in [2.24, 2.45) is 0 Å². The number of carboxylic acid groups (broad SMARTS) is 1. The molecule has 3 N–H and O–H groups in total. The minimum Gasteiger partial charge on any atom is -0.481 e. The highest BCUT2D eigenvalue weighted by Gasteiger charge is 2.10. The average molecular weight is 286 g/mol. The van der Waals surface area contributed by atoms with Crippen LogP contribution in [0.2, 0.25) is 0 Å². The van der Waals surface area contributed by atoms with Crippen LogP contribution in [0.25, 0.3) is 21.9 Å². The first-order chi connectivity index (χ1) is 10.0. The molecule has 0 spiro atoms. The standard InChI is InChI=1S/C14H11FN4O2/c15-8-2-1-7-5-9-13(16)18-11(3-4-12(20)21)19-14(9)17-10(7)6-8/h1-2,5-6H,3-4H2,(H,20,21)(H2,16,17,18,19). The summed E-state index contributed by atoms with van der Waals surface area (Å²) < 4.78 is 13.2. The van der Waals surface area contributed by atoms with E-state index in [0.29, 0.717) is 22.4 Å². The van der Waals surface area contributed by atoms with Gasteiger partial charge in [0.1, 0.15) is 17.5 Å². The fraction of sp³-hybridized carbons (Fsp3) is 0.143. The molecular formula is C14H11FN4O2. The molecular weight excluding hydrogens is 275 g/mol. The van der Waals surface area contributed by atoms with Crippen LogP contribution in [0.5, 0.6) is 0 Å². The van der Waals surface area contributed by atoms with E-state index in [4.69, 9.17) is 10.8 Å². The third-order valence-electron chi connectivity index (χ3n) is 3.08. The van der Waals surface area contributed by atoms with E-state index in [1.165, 1.54) is 12.1 Å². The molecule has 0 bridgehead atoms. The van der Waals surface area contributed by atoms with Gasteiger partial charge in [0.05, 0.1) is 17.3 Å². The lowest BCUT2D eigenvalue weighted by Crippen LogP contribution is -2.05. The Morgan fingerprint density at radius 2 is 2.05 bits per heavy atom. The van der Waals surface area contributed by atoms with E-state index < -0.39 is 5.97 Å². The largest absolute Gasteiger partial charge is 0.481 e. The van der Waals surface area contributed by atoms with Crippen LogP contribution in [0.4, 0.5) is 10.2 Å². The zero-order valence-electron chi connectivity index (χ0n) is 10.9. The van der Waals surface area contributed by atoms with Gasteiger partial charge in [0.25, 0.3) is 0 Å². The number of pyridine rings is 1. The van der Waals surface area contributed by atoms with E-state index in [1.54, 1.807) is 12.1 Å². The highest BCUT2D eigenvalue weighted by molar-refractivity contribution is 5.95. The number of aliphatic carboxylic acids is 1. The van der Waals surface area contributed by atoms with Crippen molar-refractivity contribution in [1.82, 2.24) is 15.0 Å². The highest BCUT2D eigenvalue weighted by Crippen LogP contribution is 2.23. The van der Waals surface area contributed by atoms with Crippen molar-refractivity contribution < 1.29 is 14.3 Å². The van der Waals surface area contributed by atoms with E-state index in [9.17, 15) is 9.18 Å². The van der Waals surface area contributed by atoms with Gasteiger partial charge in [0, 0.05) is 17.9 Å². The van der Waals surface area contributed by atoms with Crippen LogP contribution in [0, 0.1) is 5.82 Å². The molecule has 2 aromatic heterocycles. The van der Waals surface area contributed by atoms with Gasteiger partial charge in [-0.15, -0.1) is 0 Å². The minimum absolute atomic E-state index is 0.0901. The van der Waals surface area contributed by atoms with Crippen LogP contribution in [0.3, 0.4) is 0 Å². The van der Waals surface area contributed by atoms with Crippen molar-refractivity contribution in [2.45, 2.75) is 12.8 Å². The van der Waals surface area contributed by atoms with Gasteiger partial charge in [-0.2, -0.15) is 0 Å². The van der Waals surface area contributed by atoms with Gasteiger partial charge in [-0.3, -0.25) is 4.79 Å². The van der Waals surface area contributed by atoms with E-state index >= 15 is 0 Å². The number of hydrogen-bond donors (Lipinski definition) is 2. The maximum Gasteiger partial charge on any atom is 0.303 e. The minimum atomic E-state index is -0.939. The van der Waals surface area contributed by atoms with Gasteiger partial charge < -0.3 is 10.8 Å². The molecule has 0 aliphatic heterocycles. The van der Waals surface area contributed by atoms with Crippen LogP contribution in [-0.4, -0.2) is 26.0 Å². The summed E-state index contributed by atoms with van der Waals surface area (Å²) in [5, 5.41) is 9.98. The lowest BCUT2D eigenvalue weighted by Gasteiger charge is -2.06. The van der Waals surface area contributed by atoms with Crippen LogP contribution in [0.15, 0.2) is 24.3 Å². The van der Waals surface area contributed by atoms with Gasteiger partial charge in [0.15, 0.2) is 5.65 Å². The molecule has 0 aliphatic carbocycles. The quantitative estimate of drug-likeness (QED) is 0.713. The summed E-state index contributed by atoms with van der Waals surface area (Å²) in [4.78, 5) is 23.1. The Bertz CT molecular complexity index is 866. The molecule has 106 valence electrons. The topological polar surface area (TPSA) is 102 Å². The van der Waals surface area contributed by atoms with Gasteiger partial charge >= 0.3 is 5.97 Å². The number of nitrogen functional groups attached to an aromatic ring is 1. The summed E-state index contributed by atoms with van der Waals surface area (Å²) in [6.07, 6.45) is 0.0749. The van der Waals surface area contributed by atoms with E-state index in [0.717, 1.165) is 5.39 Å². The summed E-state index contributed by atoms with van der Waals surface area (Å²) in [6.45, 7) is 0. The SMILES string of the molecule is Nc1nc(CCC(=O)O)nc2nc3cc(F)ccc3cc12. The number of halogens is 1. The van der Waals surface area contributed by atoms with Crippen LogP contribution >= 0.6 is 0 Å². The lowest BCUT2D eigenvalue weighted by molar-refractivity contribution is -0.137. The Morgan fingerprint density at radius 1 is 1.24 bits per heavy atom. The van der Waals surface area contributed by atoms with Crippen molar-refractivity contribution in [1.29, 1.82) is 0 Å². The maximum atomic E-state index is 13.2. The molecule has 1 aromatic carbocycles. The van der Waals surface area contributed by atoms with Crippen molar-refractivity contribution in [2.75, 3.05) is 5.73 Å². The van der Waals surface area contributed by atoms with Crippen molar-refractivity contribution in [3.8, 4) is 0 Å². The predicted molar refractivity (Wildman–Crippen MR) is 75.2 cm³/mol. The molecule has 0 atom stereocenters. The van der Waals surface area contributed by atoms with Crippen LogP contribution < -0.4 is 5.73 Å². The Balaban J connectivity index is 2.15. The normalized spacial score (nSPS) is 11.1. The number of hydrogen-bond acceptors (Lipinski definition) is 5. The summed E-state index contributed by atoms with van der Waals surface area (Å²) >= 11 is 0. The van der Waals surface area contributed by atoms with Gasteiger partial charge in [-0.05, 0) is 18.2 Å². The fourth-order valence-corrected chi connectivity index (χ4v) is 2.08. The number of nitrogens with two attached hydrogens (primary N) is 1. The summed E-state index contributed by atoms with van der Waals surface area (Å²) in [7, 11) is 0. The third-order valence-corrected chi connectivity index (χ3v) is 3.08. The van der Waals surface area contributed by atoms with E-state index in [1.807, 2.05) is 0 Å². The lowest BCUT2D eigenvalue weighted by atomic mass is 10.1. The zero-order chi connectivity index (χ0) is 15.0. The number of aryl methyl sites for hydroxylation is 1. The zero-order valence-corrected chi connectivity index (χ0v) is 10.9. The van der Waals surface area contributed by atoms with E-state index in [-0.39, 0.29) is 24.5 Å². The number of fused-ring (bicyclic) bond motifs is 2. The molecule has 6 nitrogen and oxygen atoms in total. The predicted octanol–water partition coefficient (Wildman–Crippen LogP) is 1.92. The fourth-order valence-electron chi connectivity index (χ4n) is 2.08. The first kappa shape index (κ1) is 13.2. The smallest absolute Gasteiger partial charge is 0.303 e. The molecule has 21 heavy (non-hydrogen) atoms. The second-order valence-electron chi connectivity index (χ2n) is 4.62. The van der Waals surface area contributed by atoms with Crippen molar-refractivity contribution in [3.63, 3.8) is 0 Å². The Morgan fingerprint density at radius 3 is 2.81 bits per heavy atom. The van der Waals surface area contributed by atoms with Gasteiger partial charge in [-0.25, -0.2) is 19.3 Å². The molecule has 0 saturated heterocycles. The molecule has 0 amide bonds. The Labute approximate surface area is 118 Å². The third kappa shape index (κ3) is 2.58. The molecule has 0 saturated carbocycles. The number of nitrogens with zero attached hydrogens (tertiary/aromatic N) is 3. The second-order valence-corrected chi connectivity index (χ2v) is 4.62. The monoisotopic (exact) mass is 286 g/mol. The summed E-state index contributed by atoms with van der Waals surface area (Å²) in [6, 6.07) is 6.00. The number of carbonyl (C=O) groups is 1. The molecule has 0 fully saturated rings. The Hall–Kier alpha value is -2.83. The molecule has 3 aromatic rings. The molecule has 0 aliphatic rings. The number of rotatable bonds is 3. The molecule has 0 unspecified atom stereocenters. The van der Waals surface area contributed by atoms with Crippen LogP contribution in [-0.2, 0) is 11.2 Å². The molecule has 3 rings (SSSR count). The molecule has 2 heterocycles. The molecule has 7 heteroatoms. The van der Waals surface area contributed by atoms with Gasteiger partial charge in [-0.1, -0.05) is 0 Å². The van der Waals surface area contributed by atoms with Crippen molar-refractivity contribution >= 4 is 33.7 Å². The van der Waals surface area contributed by atoms with Gasteiger partial charge in [0.2, 0.25) is 0 Å². The molecule has 0 radical (unpaired) electrons. The maximum absolute atomic E-state index is 13.2. The summed E-state index contributed by atoms with van der Waals surface area (Å²) in [5.74, 6) is -0.780. The number of carboxylic acids is 1. The van der Waals surface area contributed by atoms with Crippen LogP contribution in [0.1, 0.15) is 12.2 Å². The van der Waals surface area contributed by atoms with E-state index in [2.05, 4.69) is 15.0 Å². The second kappa shape index (κ2) is 4.93. The average Bonchev–Trinajstić information content (AvgIpc) is 2.43. The first-order valence-electron chi connectivity index (χ1n) is 6.27. The first-order valence-corrected chi connectivity index (χ1v) is 6.27. The number of anilines is 1. The summed E-state index contributed by atoms with van der Waals surface area (Å²) in [5.41, 5.74) is 6.67. The van der Waals surface area contributed by atoms with Crippen molar-refractivity contribution in [3.05, 3.63) is 35.9 Å². The highest BCUT2D eigenvalue weighted by atomic mass is 19.1.